The van der Waals surface area contributed by atoms with Crippen molar-refractivity contribution >= 4 is 28.4 Å². The Balaban J connectivity index is 1.38. The number of fused-ring (bicyclic) bond motifs is 2. The molecule has 1 saturated heterocycles. The Hall–Kier alpha value is -2.37. The predicted octanol–water partition coefficient (Wildman–Crippen LogP) is 4.57. The number of carbonyl (C=O) groups is 1. The van der Waals surface area contributed by atoms with E-state index in [0.29, 0.717) is 30.4 Å². The Morgan fingerprint density at radius 3 is 2.68 bits per heavy atom. The highest BCUT2D eigenvalue weighted by atomic mass is 32.2. The molecule has 1 spiro atoms. The summed E-state index contributed by atoms with van der Waals surface area (Å²) in [4.78, 5) is 19.2. The van der Waals surface area contributed by atoms with E-state index in [-0.39, 0.29) is 16.1 Å². The van der Waals surface area contributed by atoms with Gasteiger partial charge in [0, 0.05) is 17.2 Å². The fourth-order valence-electron chi connectivity index (χ4n) is 4.18. The van der Waals surface area contributed by atoms with Gasteiger partial charge in [-0.05, 0) is 53.7 Å². The van der Waals surface area contributed by atoms with Crippen LogP contribution in [0.15, 0.2) is 64.5 Å². The first kappa shape index (κ1) is 14.6. The van der Waals surface area contributed by atoms with E-state index < -0.39 is 12.8 Å². The van der Waals surface area contributed by atoms with Gasteiger partial charge in [-0.2, -0.15) is 4.99 Å². The van der Waals surface area contributed by atoms with Crippen LogP contribution in [0.25, 0.3) is 5.57 Å². The van der Waals surface area contributed by atoms with Gasteiger partial charge in [-0.3, -0.25) is 4.79 Å². The van der Waals surface area contributed by atoms with Crippen molar-refractivity contribution in [2.45, 2.75) is 31.9 Å². The third kappa shape index (κ3) is 2.90. The summed E-state index contributed by atoms with van der Waals surface area (Å²) in [7, 11) is 0. The normalized spacial score (nSPS) is 24.4. The van der Waals surface area contributed by atoms with Crippen molar-refractivity contribution < 1.29 is 13.6 Å². The molecule has 5 rings (SSSR count). The topological polar surface area (TPSA) is 41.9 Å². The van der Waals surface area contributed by atoms with Crippen LogP contribution in [0.1, 0.15) is 40.5 Å². The van der Waals surface area contributed by atoms with E-state index in [9.17, 15) is 4.79 Å². The fraction of sp³-hybridized carbons (Fsp3) is 0.304. The molecule has 2 aromatic rings. The van der Waals surface area contributed by atoms with E-state index in [1.165, 1.54) is 22.9 Å². The molecule has 0 radical (unpaired) electrons. The maximum Gasteiger partial charge on any atom is 0.286 e. The van der Waals surface area contributed by atoms with Crippen molar-refractivity contribution in [3.8, 4) is 0 Å². The van der Waals surface area contributed by atoms with Crippen molar-refractivity contribution in [1.29, 1.82) is 0 Å². The van der Waals surface area contributed by atoms with E-state index in [1.807, 2.05) is 18.2 Å². The minimum absolute atomic E-state index is 0.0726. The van der Waals surface area contributed by atoms with Gasteiger partial charge in [0.2, 0.25) is 0 Å². The van der Waals surface area contributed by atoms with Gasteiger partial charge in [0.15, 0.2) is 5.17 Å². The quantitative estimate of drug-likeness (QED) is 0.666. The molecule has 0 saturated carbocycles. The van der Waals surface area contributed by atoms with Gasteiger partial charge in [0.1, 0.15) is 0 Å². The highest BCUT2D eigenvalue weighted by molar-refractivity contribution is 8.18. The average Bonchev–Trinajstić information content (AvgIpc) is 3.30. The van der Waals surface area contributed by atoms with Gasteiger partial charge < -0.3 is 9.64 Å². The second-order valence-electron chi connectivity index (χ2n) is 7.30. The molecule has 1 amide bonds. The molecule has 3 aliphatic rings. The van der Waals surface area contributed by atoms with Crippen molar-refractivity contribution in [3.05, 3.63) is 76.2 Å². The Morgan fingerprint density at radius 2 is 1.89 bits per heavy atom. The molecule has 3 aliphatic heterocycles. The van der Waals surface area contributed by atoms with Gasteiger partial charge in [0.25, 0.3) is 5.91 Å². The third-order valence-corrected chi connectivity index (χ3v) is 6.84. The highest BCUT2D eigenvalue weighted by Crippen LogP contribution is 2.45. The molecule has 3 heterocycles. The molecule has 28 heavy (non-hydrogen) atoms. The number of piperidine rings is 1. The van der Waals surface area contributed by atoms with Crippen molar-refractivity contribution in [1.82, 2.24) is 4.90 Å². The average molecular weight is 394 g/mol. The number of hydrogen-bond donors (Lipinski definition) is 0. The third-order valence-electron chi connectivity index (χ3n) is 5.73. The zero-order chi connectivity index (χ0) is 21.6. The zero-order valence-electron chi connectivity index (χ0n) is 18.4. The lowest BCUT2D eigenvalue weighted by atomic mass is 9.84. The van der Waals surface area contributed by atoms with Gasteiger partial charge in [-0.25, -0.2) is 0 Å². The van der Waals surface area contributed by atoms with E-state index >= 15 is 0 Å². The van der Waals surface area contributed by atoms with Crippen molar-refractivity contribution in [2.75, 3.05) is 13.1 Å². The molecule has 5 heteroatoms. The lowest BCUT2D eigenvalue weighted by molar-refractivity contribution is -0.113. The summed E-state index contributed by atoms with van der Waals surface area (Å²) in [6, 6.07) is 17.2. The van der Waals surface area contributed by atoms with Gasteiger partial charge in [-0.1, -0.05) is 54.6 Å². The summed E-state index contributed by atoms with van der Waals surface area (Å²) in [6.45, 7) is -0.363. The zero-order valence-corrected chi connectivity index (χ0v) is 16.2. The molecule has 142 valence electrons. The Kier molecular flexibility index (Phi) is 3.60. The Bertz CT molecular complexity index is 1090. The molecule has 0 N–H and O–H groups in total. The molecule has 0 aliphatic carbocycles. The molecular weight excluding hydrogens is 368 g/mol. The summed E-state index contributed by atoms with van der Waals surface area (Å²) in [5.74, 6) is -0.474. The number of amidine groups is 1. The Morgan fingerprint density at radius 1 is 1.14 bits per heavy atom. The molecular formula is C23H22N2O2S. The van der Waals surface area contributed by atoms with E-state index in [1.54, 1.807) is 24.3 Å². The van der Waals surface area contributed by atoms with Crippen molar-refractivity contribution in [3.63, 3.8) is 0 Å². The summed E-state index contributed by atoms with van der Waals surface area (Å²) >= 11 is 1.18. The maximum absolute atomic E-state index is 12.7. The smallest absolute Gasteiger partial charge is 0.286 e. The lowest BCUT2D eigenvalue weighted by Gasteiger charge is -2.39. The van der Waals surface area contributed by atoms with Crippen LogP contribution in [-0.2, 0) is 21.7 Å². The minimum atomic E-state index is -2.41. The summed E-state index contributed by atoms with van der Waals surface area (Å²) in [5.41, 5.74) is 2.84. The van der Waals surface area contributed by atoms with Gasteiger partial charge >= 0.3 is 0 Å². The van der Waals surface area contributed by atoms with E-state index in [0.717, 1.165) is 12.8 Å². The Labute approximate surface area is 173 Å². The van der Waals surface area contributed by atoms with Crippen LogP contribution in [0, 0.1) is 0 Å². The van der Waals surface area contributed by atoms with Gasteiger partial charge in [0.05, 0.1) is 17.1 Å². The number of amides is 1. The second-order valence-corrected chi connectivity index (χ2v) is 8.28. The van der Waals surface area contributed by atoms with Crippen LogP contribution < -0.4 is 0 Å². The van der Waals surface area contributed by atoms with Crippen molar-refractivity contribution in [2.24, 2.45) is 4.99 Å². The van der Waals surface area contributed by atoms with Crippen LogP contribution in [0.3, 0.4) is 0 Å². The van der Waals surface area contributed by atoms with Crippen LogP contribution in [0.4, 0.5) is 0 Å². The SMILES string of the molecule is [2H]C([2H])([2H])/C(=C1\SC(N2CCC3(CC2)OCc2ccccc23)=NC1=O)c1ccccc1. The molecule has 0 unspecified atom stereocenters. The first-order valence-corrected chi connectivity index (χ1v) is 10.3. The number of allylic oxidation sites excluding steroid dienone is 1. The first-order valence-electron chi connectivity index (χ1n) is 11.0. The molecule has 0 aromatic heterocycles. The van der Waals surface area contributed by atoms with Crippen LogP contribution in [0.5, 0.6) is 0 Å². The molecule has 4 nitrogen and oxygen atoms in total. The molecule has 1 fully saturated rings. The number of likely N-dealkylation sites (tertiary alicyclic amines) is 1. The van der Waals surface area contributed by atoms with Crippen LogP contribution in [0.2, 0.25) is 0 Å². The summed E-state index contributed by atoms with van der Waals surface area (Å²) < 4.78 is 30.2. The number of ether oxygens (including phenoxy) is 1. The predicted molar refractivity (Wildman–Crippen MR) is 113 cm³/mol. The first-order chi connectivity index (χ1) is 14.9. The number of hydrogen-bond acceptors (Lipinski definition) is 4. The monoisotopic (exact) mass is 393 g/mol. The number of carbonyl (C=O) groups excluding carboxylic acids is 1. The fourth-order valence-corrected chi connectivity index (χ4v) is 5.16. The van der Waals surface area contributed by atoms with Crippen LogP contribution in [-0.4, -0.2) is 29.1 Å². The lowest BCUT2D eigenvalue weighted by Crippen LogP contribution is -2.44. The second kappa shape index (κ2) is 6.90. The summed E-state index contributed by atoms with van der Waals surface area (Å²) in [5, 5.41) is 0.582. The number of aliphatic imine (C=N–C) groups is 1. The maximum atomic E-state index is 12.7. The molecule has 0 bridgehead atoms. The van der Waals surface area contributed by atoms with E-state index in [2.05, 4.69) is 22.0 Å². The standard InChI is InChI=1S/C23H22N2O2S/c1-16(17-7-3-2-4-8-17)20-21(26)24-22(28-20)25-13-11-23(12-14-25)19-10-6-5-9-18(19)15-27-23/h2-10H,11-15H2,1H3/b20-16+/i1D3. The minimum Gasteiger partial charge on any atom is -0.365 e. The number of thioether (sulfide) groups is 1. The van der Waals surface area contributed by atoms with Gasteiger partial charge in [-0.15, -0.1) is 0 Å². The highest BCUT2D eigenvalue weighted by Gasteiger charge is 2.43. The van der Waals surface area contributed by atoms with E-state index in [4.69, 9.17) is 8.85 Å². The number of benzene rings is 2. The number of nitrogens with zero attached hydrogens (tertiary/aromatic N) is 2. The molecule has 0 atom stereocenters. The number of rotatable bonds is 1. The largest absolute Gasteiger partial charge is 0.365 e. The molecule has 2 aromatic carbocycles. The summed E-state index contributed by atoms with van der Waals surface area (Å²) in [6.07, 6.45) is 1.61. The van der Waals surface area contributed by atoms with Crippen LogP contribution >= 0.6 is 11.8 Å².